The molecule has 0 aliphatic carbocycles. The molecule has 7 nitrogen and oxygen atoms in total. The lowest BCUT2D eigenvalue weighted by Gasteiger charge is -2.34. The van der Waals surface area contributed by atoms with E-state index in [2.05, 4.69) is 10.2 Å². The number of nitrogens with zero attached hydrogens (tertiary/aromatic N) is 1. The molecule has 3 aromatic rings. The van der Waals surface area contributed by atoms with E-state index in [4.69, 9.17) is 14.9 Å². The fourth-order valence-electron chi connectivity index (χ4n) is 3.99. The van der Waals surface area contributed by atoms with E-state index in [1.165, 1.54) is 0 Å². The van der Waals surface area contributed by atoms with Crippen molar-refractivity contribution in [2.24, 2.45) is 11.7 Å². The van der Waals surface area contributed by atoms with Gasteiger partial charge in [-0.15, -0.1) is 0 Å². The number of piperidine rings is 1. The Kier molecular flexibility index (Phi) is 5.15. The van der Waals surface area contributed by atoms with Gasteiger partial charge in [0.15, 0.2) is 0 Å². The van der Waals surface area contributed by atoms with Gasteiger partial charge < -0.3 is 20.2 Å². The van der Waals surface area contributed by atoms with Gasteiger partial charge in [0.25, 0.3) is 0 Å². The fraction of sp³-hybridized carbons (Fsp3) is 0.364. The van der Waals surface area contributed by atoms with Gasteiger partial charge in [-0.05, 0) is 45.0 Å². The molecule has 1 atom stereocenters. The minimum Gasteiger partial charge on any atom is -0.495 e. The highest BCUT2D eigenvalue weighted by Crippen LogP contribution is 2.36. The largest absolute Gasteiger partial charge is 0.495 e. The number of rotatable bonds is 5. The molecule has 1 fully saturated rings. The van der Waals surface area contributed by atoms with Crippen molar-refractivity contribution in [2.45, 2.75) is 25.8 Å². The first kappa shape index (κ1) is 19.3. The number of fused-ring (bicyclic) bond motifs is 3. The molecule has 2 amide bonds. The number of hydrogen-bond donors (Lipinski definition) is 2. The average Bonchev–Trinajstić information content (AvgIpc) is 3.09. The van der Waals surface area contributed by atoms with Crippen LogP contribution in [0.4, 0.5) is 5.69 Å². The highest BCUT2D eigenvalue weighted by molar-refractivity contribution is 6.08. The number of para-hydroxylation sites is 1. The molecule has 1 aromatic heterocycles. The zero-order chi connectivity index (χ0) is 20.5. The molecule has 2 aromatic carbocycles. The summed E-state index contributed by atoms with van der Waals surface area (Å²) in [5, 5.41) is 4.92. The van der Waals surface area contributed by atoms with E-state index in [9.17, 15) is 9.59 Å². The summed E-state index contributed by atoms with van der Waals surface area (Å²) in [5.41, 5.74) is 7.45. The Morgan fingerprint density at radius 2 is 1.90 bits per heavy atom. The van der Waals surface area contributed by atoms with Crippen molar-refractivity contribution in [3.8, 4) is 5.75 Å². The van der Waals surface area contributed by atoms with Crippen molar-refractivity contribution in [1.29, 1.82) is 0 Å². The quantitative estimate of drug-likeness (QED) is 0.692. The van der Waals surface area contributed by atoms with E-state index in [-0.39, 0.29) is 23.8 Å². The number of anilines is 1. The molecule has 0 saturated carbocycles. The van der Waals surface area contributed by atoms with Crippen LogP contribution >= 0.6 is 0 Å². The monoisotopic (exact) mass is 395 g/mol. The SMILES string of the molecule is COc1cc2c(cc1NC(=O)[C@H](C)N1CCC(C(N)=O)CC1)oc1ccccc12. The van der Waals surface area contributed by atoms with Crippen LogP contribution in [0.2, 0.25) is 0 Å². The third-order valence-electron chi connectivity index (χ3n) is 5.82. The number of primary amides is 1. The number of nitrogens with one attached hydrogen (secondary N) is 1. The predicted octanol–water partition coefficient (Wildman–Crippen LogP) is 3.12. The lowest BCUT2D eigenvalue weighted by Crippen LogP contribution is -2.47. The molecule has 1 aliphatic heterocycles. The predicted molar refractivity (Wildman–Crippen MR) is 112 cm³/mol. The van der Waals surface area contributed by atoms with Crippen molar-refractivity contribution in [3.05, 3.63) is 36.4 Å². The molecule has 1 aliphatic rings. The number of ether oxygens (including phenoxy) is 1. The van der Waals surface area contributed by atoms with Crippen molar-refractivity contribution in [2.75, 3.05) is 25.5 Å². The minimum absolute atomic E-state index is 0.0999. The summed E-state index contributed by atoms with van der Waals surface area (Å²) in [6.07, 6.45) is 1.36. The van der Waals surface area contributed by atoms with Crippen molar-refractivity contribution >= 4 is 39.4 Å². The molecule has 7 heteroatoms. The van der Waals surface area contributed by atoms with E-state index >= 15 is 0 Å². The van der Waals surface area contributed by atoms with Gasteiger partial charge in [0.1, 0.15) is 16.9 Å². The van der Waals surface area contributed by atoms with Crippen LogP contribution < -0.4 is 15.8 Å². The number of nitrogens with two attached hydrogens (primary N) is 1. The van der Waals surface area contributed by atoms with Gasteiger partial charge in [-0.1, -0.05) is 18.2 Å². The number of hydrogen-bond acceptors (Lipinski definition) is 5. The molecule has 0 unspecified atom stereocenters. The standard InChI is InChI=1S/C22H25N3O4/c1-13(25-9-7-14(8-10-25)21(23)26)22(27)24-17-12-19-16(11-20(17)28-2)15-5-3-4-6-18(15)29-19/h3-6,11-14H,7-10H2,1-2H3,(H2,23,26)(H,24,27)/t13-/m0/s1. The maximum absolute atomic E-state index is 12.9. The Labute approximate surface area is 168 Å². The Balaban J connectivity index is 1.54. The molecule has 0 radical (unpaired) electrons. The van der Waals surface area contributed by atoms with Crippen LogP contribution in [0.1, 0.15) is 19.8 Å². The Bertz CT molecular complexity index is 1070. The molecular weight excluding hydrogens is 370 g/mol. The molecule has 2 heterocycles. The Hall–Kier alpha value is -3.06. The Morgan fingerprint density at radius 3 is 2.59 bits per heavy atom. The van der Waals surface area contributed by atoms with E-state index in [1.807, 2.05) is 37.3 Å². The second kappa shape index (κ2) is 7.75. The third kappa shape index (κ3) is 3.65. The van der Waals surface area contributed by atoms with E-state index < -0.39 is 0 Å². The van der Waals surface area contributed by atoms with Gasteiger partial charge in [0.2, 0.25) is 11.8 Å². The first-order valence-electron chi connectivity index (χ1n) is 9.81. The summed E-state index contributed by atoms with van der Waals surface area (Å²) < 4.78 is 11.4. The maximum atomic E-state index is 12.9. The van der Waals surface area contributed by atoms with Crippen LogP contribution in [0.25, 0.3) is 21.9 Å². The highest BCUT2D eigenvalue weighted by atomic mass is 16.5. The molecule has 152 valence electrons. The third-order valence-corrected chi connectivity index (χ3v) is 5.82. The number of furan rings is 1. The molecule has 1 saturated heterocycles. The van der Waals surface area contributed by atoms with Gasteiger partial charge in [-0.3, -0.25) is 14.5 Å². The van der Waals surface area contributed by atoms with Crippen LogP contribution in [0.15, 0.2) is 40.8 Å². The molecule has 0 spiro atoms. The van der Waals surface area contributed by atoms with Crippen LogP contribution in [-0.4, -0.2) is 43.0 Å². The van der Waals surface area contributed by atoms with Crippen LogP contribution in [0.3, 0.4) is 0 Å². The molecule has 4 rings (SSSR count). The second-order valence-electron chi connectivity index (χ2n) is 7.52. The van der Waals surface area contributed by atoms with E-state index in [1.54, 1.807) is 13.2 Å². The summed E-state index contributed by atoms with van der Waals surface area (Å²) in [7, 11) is 1.58. The summed E-state index contributed by atoms with van der Waals surface area (Å²) in [4.78, 5) is 26.3. The normalized spacial score (nSPS) is 16.8. The zero-order valence-electron chi connectivity index (χ0n) is 16.6. The van der Waals surface area contributed by atoms with Crippen molar-refractivity contribution < 1.29 is 18.7 Å². The molecule has 0 bridgehead atoms. The van der Waals surface area contributed by atoms with Gasteiger partial charge in [-0.25, -0.2) is 0 Å². The van der Waals surface area contributed by atoms with Gasteiger partial charge in [0.05, 0.1) is 18.8 Å². The minimum atomic E-state index is -0.333. The first-order chi connectivity index (χ1) is 14.0. The molecular formula is C22H25N3O4. The number of likely N-dealkylation sites (tertiary alicyclic amines) is 1. The smallest absolute Gasteiger partial charge is 0.241 e. The number of methoxy groups -OCH3 is 1. The number of carbonyl (C=O) groups excluding carboxylic acids is 2. The van der Waals surface area contributed by atoms with E-state index in [0.717, 1.165) is 16.4 Å². The Morgan fingerprint density at radius 1 is 1.17 bits per heavy atom. The lowest BCUT2D eigenvalue weighted by molar-refractivity contribution is -0.124. The lowest BCUT2D eigenvalue weighted by atomic mass is 9.95. The number of benzene rings is 2. The van der Waals surface area contributed by atoms with Crippen LogP contribution in [0.5, 0.6) is 5.75 Å². The number of carbonyl (C=O) groups is 2. The highest BCUT2D eigenvalue weighted by Gasteiger charge is 2.29. The fourth-order valence-corrected chi connectivity index (χ4v) is 3.99. The topological polar surface area (TPSA) is 97.8 Å². The summed E-state index contributed by atoms with van der Waals surface area (Å²) >= 11 is 0. The number of amides is 2. The maximum Gasteiger partial charge on any atom is 0.241 e. The molecule has 3 N–H and O–H groups in total. The van der Waals surface area contributed by atoms with Crippen LogP contribution in [-0.2, 0) is 9.59 Å². The van der Waals surface area contributed by atoms with E-state index in [0.29, 0.717) is 43.0 Å². The van der Waals surface area contributed by atoms with Gasteiger partial charge >= 0.3 is 0 Å². The zero-order valence-corrected chi connectivity index (χ0v) is 16.6. The first-order valence-corrected chi connectivity index (χ1v) is 9.81. The summed E-state index contributed by atoms with van der Waals surface area (Å²) in [6.45, 7) is 3.20. The van der Waals surface area contributed by atoms with Crippen molar-refractivity contribution in [3.63, 3.8) is 0 Å². The van der Waals surface area contributed by atoms with Gasteiger partial charge in [-0.2, -0.15) is 0 Å². The van der Waals surface area contributed by atoms with Crippen molar-refractivity contribution in [1.82, 2.24) is 4.90 Å². The summed E-state index contributed by atoms with van der Waals surface area (Å²) in [6, 6.07) is 11.2. The van der Waals surface area contributed by atoms with Crippen LogP contribution in [0, 0.1) is 5.92 Å². The molecule has 29 heavy (non-hydrogen) atoms. The van der Waals surface area contributed by atoms with Gasteiger partial charge in [0, 0.05) is 22.8 Å². The average molecular weight is 395 g/mol. The summed E-state index contributed by atoms with van der Waals surface area (Å²) in [5.74, 6) is 0.0936. The second-order valence-corrected chi connectivity index (χ2v) is 7.52.